The third-order valence-electron chi connectivity index (χ3n) is 5.71. The number of rotatable bonds is 15. The highest BCUT2D eigenvalue weighted by Crippen LogP contribution is 2.26. The fourth-order valence-electron chi connectivity index (χ4n) is 3.95. The molecule has 3 atom stereocenters. The molecule has 2 N–H and O–H groups in total. The van der Waals surface area contributed by atoms with E-state index in [1.165, 1.54) is 42.5 Å². The number of aromatic nitrogens is 2. The Kier molecular flexibility index (Phi) is 11.6. The first-order chi connectivity index (χ1) is 15.5. The van der Waals surface area contributed by atoms with E-state index in [-0.39, 0.29) is 18.3 Å². The normalized spacial score (nSPS) is 21.2. The van der Waals surface area contributed by atoms with Gasteiger partial charge in [0, 0.05) is 32.5 Å². The number of unbranched alkanes of at least 4 members (excludes halogenated alkanes) is 5. The first-order valence-electron chi connectivity index (χ1n) is 11.4. The van der Waals surface area contributed by atoms with Gasteiger partial charge in [-0.25, -0.2) is 4.79 Å². The van der Waals surface area contributed by atoms with Gasteiger partial charge in [-0.1, -0.05) is 39.0 Å². The first kappa shape index (κ1) is 26.2. The van der Waals surface area contributed by atoms with E-state index in [9.17, 15) is 14.4 Å². The van der Waals surface area contributed by atoms with Gasteiger partial charge in [0.25, 0.3) is 5.56 Å². The van der Waals surface area contributed by atoms with Gasteiger partial charge in [0.15, 0.2) is 0 Å². The van der Waals surface area contributed by atoms with E-state index in [2.05, 4.69) is 17.2 Å². The maximum Gasteiger partial charge on any atom is 0.328 e. The lowest BCUT2D eigenvalue weighted by molar-refractivity contribution is -0.104. The number of hydrogen-bond acceptors (Lipinski definition) is 7. The molecule has 2 rings (SSSR count). The number of carbonyl (C=O) groups is 1. The van der Waals surface area contributed by atoms with Crippen molar-refractivity contribution in [2.24, 2.45) is 0 Å². The second kappa shape index (κ2) is 14.2. The number of aldehydes is 1. The summed E-state index contributed by atoms with van der Waals surface area (Å²) < 4.78 is 17.8. The number of hydrogen-bond donors (Lipinski definition) is 2. The van der Waals surface area contributed by atoms with Crippen LogP contribution in [0.15, 0.2) is 21.4 Å². The van der Waals surface area contributed by atoms with Crippen molar-refractivity contribution in [3.63, 3.8) is 0 Å². The Morgan fingerprint density at radius 1 is 1.25 bits per heavy atom. The molecule has 180 valence electrons. The number of ether oxygens (including phenoxy) is 3. The lowest BCUT2D eigenvalue weighted by Gasteiger charge is -2.22. The molecule has 0 radical (unpaired) electrons. The predicted molar refractivity (Wildman–Crippen MR) is 123 cm³/mol. The Bertz CT molecular complexity index is 847. The van der Waals surface area contributed by atoms with Gasteiger partial charge >= 0.3 is 5.69 Å². The Hall–Kier alpha value is -2.07. The molecule has 9 nitrogen and oxygen atoms in total. The lowest BCUT2D eigenvalue weighted by Crippen LogP contribution is -2.40. The number of nitrogens with zero attached hydrogens (tertiary/aromatic N) is 1. The summed E-state index contributed by atoms with van der Waals surface area (Å²) in [5.74, 6) is 0. The zero-order chi connectivity index (χ0) is 23.3. The van der Waals surface area contributed by atoms with Gasteiger partial charge in [0.05, 0.1) is 24.8 Å². The van der Waals surface area contributed by atoms with Crippen LogP contribution in [-0.2, 0) is 19.0 Å². The Balaban J connectivity index is 2.05. The van der Waals surface area contributed by atoms with Crippen molar-refractivity contribution in [3.05, 3.63) is 38.2 Å². The van der Waals surface area contributed by atoms with E-state index in [1.54, 1.807) is 14.2 Å². The molecule has 0 spiro atoms. The van der Waals surface area contributed by atoms with Crippen molar-refractivity contribution < 1.29 is 19.0 Å². The zero-order valence-electron chi connectivity index (χ0n) is 19.4. The summed E-state index contributed by atoms with van der Waals surface area (Å²) in [6.45, 7) is 3.95. The molecule has 0 aromatic carbocycles. The number of carbonyl (C=O) groups excluding carboxylic acids is 1. The molecule has 0 saturated carbocycles. The SMILES string of the molecule is CCCCCCCCNCC(C=O)=Cc1cn(C2COC(COC)C2OC)c(=O)[nH]c1=O. The standard InChI is InChI=1S/C23H37N3O6/c1-4-5-6-7-8-9-10-24-12-17(14-27)11-18-13-26(23(29)25-22(18)28)19-15-32-20(16-30-2)21(19)31-3/h11,13-14,19-21,24H,4-10,12,15-16H2,1-3H3,(H,25,28,29). The summed E-state index contributed by atoms with van der Waals surface area (Å²) in [5, 5.41) is 3.25. The van der Waals surface area contributed by atoms with Gasteiger partial charge in [-0.05, 0) is 19.0 Å². The molecule has 0 amide bonds. The van der Waals surface area contributed by atoms with E-state index in [0.29, 0.717) is 18.7 Å². The van der Waals surface area contributed by atoms with Crippen LogP contribution in [0.4, 0.5) is 0 Å². The number of nitrogens with one attached hydrogen (secondary N) is 2. The Morgan fingerprint density at radius 3 is 2.69 bits per heavy atom. The topological polar surface area (TPSA) is 112 Å². The number of methoxy groups -OCH3 is 2. The van der Waals surface area contributed by atoms with Crippen molar-refractivity contribution >= 4 is 12.4 Å². The van der Waals surface area contributed by atoms with Gasteiger partial charge in [-0.15, -0.1) is 0 Å². The van der Waals surface area contributed by atoms with Crippen molar-refractivity contribution in [1.29, 1.82) is 0 Å². The van der Waals surface area contributed by atoms with Gasteiger partial charge < -0.3 is 19.5 Å². The van der Waals surface area contributed by atoms with Crippen LogP contribution in [0.2, 0.25) is 0 Å². The fourth-order valence-corrected chi connectivity index (χ4v) is 3.95. The molecule has 1 aliphatic heterocycles. The maximum atomic E-state index is 12.5. The van der Waals surface area contributed by atoms with E-state index in [4.69, 9.17) is 14.2 Å². The third kappa shape index (κ3) is 7.51. The van der Waals surface area contributed by atoms with Crippen LogP contribution in [0.5, 0.6) is 0 Å². The zero-order valence-corrected chi connectivity index (χ0v) is 19.4. The average Bonchev–Trinajstić information content (AvgIpc) is 3.18. The van der Waals surface area contributed by atoms with Crippen molar-refractivity contribution in [3.8, 4) is 0 Å². The van der Waals surface area contributed by atoms with Gasteiger partial charge in [0.1, 0.15) is 18.5 Å². The Morgan fingerprint density at radius 2 is 2.00 bits per heavy atom. The largest absolute Gasteiger partial charge is 0.382 e. The van der Waals surface area contributed by atoms with Crippen LogP contribution in [0, 0.1) is 0 Å². The first-order valence-corrected chi connectivity index (χ1v) is 11.4. The van der Waals surface area contributed by atoms with Gasteiger partial charge in [-0.3, -0.25) is 19.1 Å². The van der Waals surface area contributed by atoms with Crippen LogP contribution < -0.4 is 16.6 Å². The summed E-state index contributed by atoms with van der Waals surface area (Å²) in [5.41, 5.74) is -0.411. The maximum absolute atomic E-state index is 12.5. The highest BCUT2D eigenvalue weighted by atomic mass is 16.6. The van der Waals surface area contributed by atoms with Crippen LogP contribution in [0.3, 0.4) is 0 Å². The van der Waals surface area contributed by atoms with Crippen LogP contribution in [-0.4, -0.2) is 68.6 Å². The molecule has 1 fully saturated rings. The molecule has 0 bridgehead atoms. The summed E-state index contributed by atoms with van der Waals surface area (Å²) in [6, 6.07) is -0.415. The molecule has 9 heteroatoms. The summed E-state index contributed by atoms with van der Waals surface area (Å²) in [7, 11) is 3.12. The quantitative estimate of drug-likeness (QED) is 0.237. The van der Waals surface area contributed by atoms with Crippen LogP contribution >= 0.6 is 0 Å². The molecule has 32 heavy (non-hydrogen) atoms. The highest BCUT2D eigenvalue weighted by Gasteiger charge is 2.39. The summed E-state index contributed by atoms with van der Waals surface area (Å²) >= 11 is 0. The molecular formula is C23H37N3O6. The minimum absolute atomic E-state index is 0.234. The fraction of sp³-hybridized carbons (Fsp3) is 0.696. The molecule has 1 aliphatic rings. The Labute approximate surface area is 189 Å². The smallest absolute Gasteiger partial charge is 0.328 e. The molecular weight excluding hydrogens is 414 g/mol. The third-order valence-corrected chi connectivity index (χ3v) is 5.71. The molecule has 1 aromatic rings. The number of aromatic amines is 1. The second-order valence-electron chi connectivity index (χ2n) is 8.13. The minimum Gasteiger partial charge on any atom is -0.382 e. The second-order valence-corrected chi connectivity index (χ2v) is 8.13. The van der Waals surface area contributed by atoms with Crippen molar-refractivity contribution in [1.82, 2.24) is 14.9 Å². The molecule has 1 aromatic heterocycles. The van der Waals surface area contributed by atoms with Crippen LogP contribution in [0.25, 0.3) is 6.08 Å². The molecule has 0 aliphatic carbocycles. The summed E-state index contributed by atoms with van der Waals surface area (Å²) in [6.07, 6.45) is 10.2. The van der Waals surface area contributed by atoms with Crippen molar-refractivity contribution in [2.45, 2.75) is 63.7 Å². The lowest BCUT2D eigenvalue weighted by atomic mass is 10.1. The van der Waals surface area contributed by atoms with E-state index >= 15 is 0 Å². The predicted octanol–water partition coefficient (Wildman–Crippen LogP) is 1.67. The van der Waals surface area contributed by atoms with E-state index in [1.807, 2.05) is 0 Å². The average molecular weight is 452 g/mol. The van der Waals surface area contributed by atoms with Gasteiger partial charge in [-0.2, -0.15) is 0 Å². The molecule has 1 saturated heterocycles. The molecule has 2 heterocycles. The van der Waals surface area contributed by atoms with E-state index in [0.717, 1.165) is 25.7 Å². The van der Waals surface area contributed by atoms with Crippen molar-refractivity contribution in [2.75, 3.05) is 40.5 Å². The minimum atomic E-state index is -0.547. The highest BCUT2D eigenvalue weighted by molar-refractivity contribution is 5.81. The summed E-state index contributed by atoms with van der Waals surface area (Å²) in [4.78, 5) is 38.7. The van der Waals surface area contributed by atoms with Gasteiger partial charge in [0.2, 0.25) is 0 Å². The van der Waals surface area contributed by atoms with Crippen LogP contribution in [0.1, 0.15) is 57.1 Å². The molecule has 3 unspecified atom stereocenters. The van der Waals surface area contributed by atoms with E-state index < -0.39 is 23.4 Å². The monoisotopic (exact) mass is 451 g/mol. The number of H-pyrrole nitrogens is 1.